The minimum absolute atomic E-state index is 0.429. The van der Waals surface area contributed by atoms with Crippen LogP contribution in [-0.4, -0.2) is 21.6 Å². The van der Waals surface area contributed by atoms with E-state index in [4.69, 9.17) is 26.3 Å². The molecule has 5 nitrogen and oxygen atoms in total. The maximum atomic E-state index is 6.70. The molecule has 2 aliphatic heterocycles. The maximum Gasteiger partial charge on any atom is 0.164 e. The van der Waals surface area contributed by atoms with Crippen LogP contribution in [0.5, 0.6) is 5.75 Å². The Kier molecular flexibility index (Phi) is 10.9. The highest BCUT2D eigenvalue weighted by molar-refractivity contribution is 5.93. The standard InChI is InChI=1S/C65H46N4O/c1-45-20-7-6-18-41-70-61-32-17-16-31-57(61)65(45)56-39-35-53(47-23-10-3-11-24-47)44-60(56)69(55-37-33-48(34-38-55)46-21-8-2-9-22-46)59-40-36-52(43-58(59)65)51-29-19-30-54(42-51)64-67-62(49-25-12-4-13-26-49)66-63(68-64)50-27-14-5-15-28-50/h2-40,42-44H,1,41H2/b18-6-,20-7-. The van der Waals surface area contributed by atoms with Gasteiger partial charge >= 0.3 is 0 Å². The number of anilines is 3. The maximum absolute atomic E-state index is 6.70. The highest BCUT2D eigenvalue weighted by Crippen LogP contribution is 2.60. The zero-order chi connectivity index (χ0) is 46.9. The largest absolute Gasteiger partial charge is 0.489 e. The van der Waals surface area contributed by atoms with E-state index in [1.807, 2.05) is 72.8 Å². The van der Waals surface area contributed by atoms with Crippen molar-refractivity contribution in [3.63, 3.8) is 0 Å². The van der Waals surface area contributed by atoms with Gasteiger partial charge in [0.25, 0.3) is 0 Å². The van der Waals surface area contributed by atoms with Crippen LogP contribution in [-0.2, 0) is 5.41 Å². The van der Waals surface area contributed by atoms with E-state index in [0.29, 0.717) is 24.1 Å². The van der Waals surface area contributed by atoms with E-state index in [-0.39, 0.29) is 0 Å². The number of fused-ring (bicyclic) bond motifs is 6. The Balaban J connectivity index is 1.10. The summed E-state index contributed by atoms with van der Waals surface area (Å²) in [5.41, 5.74) is 15.8. The molecule has 1 atom stereocenters. The van der Waals surface area contributed by atoms with Gasteiger partial charge < -0.3 is 9.64 Å². The second-order valence-corrected chi connectivity index (χ2v) is 17.6. The molecule has 0 saturated carbocycles. The molecule has 1 spiro atoms. The zero-order valence-corrected chi connectivity index (χ0v) is 38.4. The Morgan fingerprint density at radius 2 is 0.886 bits per heavy atom. The van der Waals surface area contributed by atoms with Gasteiger partial charge in [0.1, 0.15) is 12.4 Å². The number of aromatic nitrogens is 3. The van der Waals surface area contributed by atoms with Gasteiger partial charge in [0.15, 0.2) is 17.5 Å². The number of ether oxygens (including phenoxy) is 1. The van der Waals surface area contributed by atoms with E-state index in [0.717, 1.165) is 89.6 Å². The van der Waals surface area contributed by atoms with E-state index >= 15 is 0 Å². The summed E-state index contributed by atoms with van der Waals surface area (Å²) in [7, 11) is 0. The molecule has 3 heterocycles. The van der Waals surface area contributed by atoms with Crippen LogP contribution >= 0.6 is 0 Å². The van der Waals surface area contributed by atoms with Gasteiger partial charge in [-0.3, -0.25) is 0 Å². The summed E-state index contributed by atoms with van der Waals surface area (Å²) in [5, 5.41) is 0. The van der Waals surface area contributed by atoms with Crippen molar-refractivity contribution in [2.24, 2.45) is 0 Å². The molecule has 9 aromatic carbocycles. The quantitative estimate of drug-likeness (QED) is 0.160. The predicted molar refractivity (Wildman–Crippen MR) is 286 cm³/mol. The molecule has 0 fully saturated rings. The molecule has 0 aliphatic carbocycles. The van der Waals surface area contributed by atoms with Crippen LogP contribution in [0.25, 0.3) is 67.5 Å². The minimum atomic E-state index is -0.893. The van der Waals surface area contributed by atoms with Gasteiger partial charge in [0.05, 0.1) is 16.8 Å². The number of nitrogens with zero attached hydrogens (tertiary/aromatic N) is 4. The molecule has 5 heteroatoms. The van der Waals surface area contributed by atoms with Crippen molar-refractivity contribution in [2.75, 3.05) is 11.5 Å². The lowest BCUT2D eigenvalue weighted by Gasteiger charge is -2.47. The monoisotopic (exact) mass is 898 g/mol. The van der Waals surface area contributed by atoms with Gasteiger partial charge in [-0.1, -0.05) is 213 Å². The molecular formula is C65H46N4O. The molecule has 0 radical (unpaired) electrons. The van der Waals surface area contributed by atoms with Gasteiger partial charge in [-0.25, -0.2) is 15.0 Å². The summed E-state index contributed by atoms with van der Waals surface area (Å²) in [4.78, 5) is 17.6. The first kappa shape index (κ1) is 42.2. The second-order valence-electron chi connectivity index (χ2n) is 17.6. The summed E-state index contributed by atoms with van der Waals surface area (Å²) < 4.78 is 6.70. The van der Waals surface area contributed by atoms with Crippen molar-refractivity contribution in [1.82, 2.24) is 15.0 Å². The average molecular weight is 899 g/mol. The van der Waals surface area contributed by atoms with Gasteiger partial charge in [0, 0.05) is 27.9 Å². The lowest BCUT2D eigenvalue weighted by atomic mass is 9.61. The summed E-state index contributed by atoms with van der Waals surface area (Å²) in [6.45, 7) is 5.42. The number of hydrogen-bond donors (Lipinski definition) is 0. The van der Waals surface area contributed by atoms with Crippen LogP contribution in [0.15, 0.2) is 267 Å². The van der Waals surface area contributed by atoms with Crippen LogP contribution in [0.2, 0.25) is 0 Å². The zero-order valence-electron chi connectivity index (χ0n) is 38.4. The number of allylic oxidation sites excluding steroid dienone is 4. The molecule has 1 unspecified atom stereocenters. The molecule has 0 saturated heterocycles. The molecule has 1 aromatic heterocycles. The highest BCUT2D eigenvalue weighted by Gasteiger charge is 2.48. The fourth-order valence-corrected chi connectivity index (χ4v) is 10.1. The second kappa shape index (κ2) is 18.1. The normalized spacial score (nSPS) is 15.8. The first-order valence-electron chi connectivity index (χ1n) is 23.6. The van der Waals surface area contributed by atoms with E-state index in [1.165, 1.54) is 5.56 Å². The van der Waals surface area contributed by atoms with E-state index in [9.17, 15) is 0 Å². The third-order valence-electron chi connectivity index (χ3n) is 13.4. The smallest absolute Gasteiger partial charge is 0.164 e. The fourth-order valence-electron chi connectivity index (χ4n) is 10.1. The van der Waals surface area contributed by atoms with E-state index < -0.39 is 5.41 Å². The summed E-state index contributed by atoms with van der Waals surface area (Å²) in [6.07, 6.45) is 8.34. The minimum Gasteiger partial charge on any atom is -0.489 e. The van der Waals surface area contributed by atoms with Crippen LogP contribution in [0.3, 0.4) is 0 Å². The first-order valence-corrected chi connectivity index (χ1v) is 23.6. The molecular weight excluding hydrogens is 853 g/mol. The van der Waals surface area contributed by atoms with Crippen LogP contribution < -0.4 is 9.64 Å². The SMILES string of the molecule is C=C1/C=C\C=C/COc2ccccc2C12c1ccc(-c3ccccc3)cc1N(c1ccc(-c3ccccc3)cc1)c1ccc(-c3cccc(-c4nc(-c5ccccc5)nc(-c5ccccc5)n4)c3)cc12. The van der Waals surface area contributed by atoms with E-state index in [1.54, 1.807) is 0 Å². The van der Waals surface area contributed by atoms with Gasteiger partial charge in [0.2, 0.25) is 0 Å². The van der Waals surface area contributed by atoms with Gasteiger partial charge in [-0.2, -0.15) is 0 Å². The Labute approximate surface area is 408 Å². The Morgan fingerprint density at radius 1 is 0.386 bits per heavy atom. The van der Waals surface area contributed by atoms with E-state index in [2.05, 4.69) is 187 Å². The third kappa shape index (κ3) is 7.60. The number of rotatable bonds is 7. The number of hydrogen-bond acceptors (Lipinski definition) is 5. The third-order valence-corrected chi connectivity index (χ3v) is 13.4. The van der Waals surface area contributed by atoms with Crippen molar-refractivity contribution in [3.05, 3.63) is 284 Å². The summed E-state index contributed by atoms with van der Waals surface area (Å²) in [5.74, 6) is 2.64. The molecule has 12 rings (SSSR count). The van der Waals surface area contributed by atoms with Crippen LogP contribution in [0, 0.1) is 0 Å². The molecule has 2 aliphatic rings. The number of benzene rings is 9. The molecule has 70 heavy (non-hydrogen) atoms. The summed E-state index contributed by atoms with van der Waals surface area (Å²) in [6, 6.07) is 81.1. The van der Waals surface area contributed by atoms with Crippen molar-refractivity contribution in [1.29, 1.82) is 0 Å². The average Bonchev–Trinajstić information content (AvgIpc) is 3.44. The molecule has 332 valence electrons. The summed E-state index contributed by atoms with van der Waals surface area (Å²) >= 11 is 0. The van der Waals surface area contributed by atoms with Crippen molar-refractivity contribution in [2.45, 2.75) is 5.41 Å². The molecule has 0 N–H and O–H groups in total. The van der Waals surface area contributed by atoms with Crippen LogP contribution in [0.4, 0.5) is 17.1 Å². The van der Waals surface area contributed by atoms with Crippen LogP contribution in [0.1, 0.15) is 16.7 Å². The predicted octanol–water partition coefficient (Wildman–Crippen LogP) is 16.1. The Bertz CT molecular complexity index is 3550. The lowest BCUT2D eigenvalue weighted by Crippen LogP contribution is -2.38. The van der Waals surface area contributed by atoms with Gasteiger partial charge in [-0.05, 0) is 98.6 Å². The molecule has 0 amide bonds. The Hall–Kier alpha value is -9.19. The highest BCUT2D eigenvalue weighted by atomic mass is 16.5. The lowest BCUT2D eigenvalue weighted by molar-refractivity contribution is 0.355. The van der Waals surface area contributed by atoms with Gasteiger partial charge in [-0.15, -0.1) is 0 Å². The first-order chi connectivity index (χ1) is 34.6. The van der Waals surface area contributed by atoms with Crippen molar-refractivity contribution in [3.8, 4) is 73.3 Å². The van der Waals surface area contributed by atoms with Crippen molar-refractivity contribution < 1.29 is 4.74 Å². The Morgan fingerprint density at radius 3 is 1.56 bits per heavy atom. The molecule has 0 bridgehead atoms. The van der Waals surface area contributed by atoms with Crippen molar-refractivity contribution >= 4 is 17.1 Å². The molecule has 10 aromatic rings. The fraction of sp³-hybridized carbons (Fsp3) is 0.0308. The number of para-hydroxylation sites is 1. The topological polar surface area (TPSA) is 51.1 Å².